The van der Waals surface area contributed by atoms with E-state index in [1.165, 1.54) is 70.8 Å². The molecule has 0 aliphatic carbocycles. The minimum Gasteiger partial charge on any atom is -0.450 e. The van der Waals surface area contributed by atoms with Gasteiger partial charge in [-0.2, -0.15) is 0 Å². The van der Waals surface area contributed by atoms with Gasteiger partial charge in [-0.15, -0.1) is 0 Å². The third kappa shape index (κ3) is 25.2. The lowest BCUT2D eigenvalue weighted by Gasteiger charge is -2.40. The van der Waals surface area contributed by atoms with Crippen LogP contribution < -0.4 is 26.2 Å². The number of nitrogens with one attached hydrogen (secondary N) is 4. The molecular weight excluding hydrogens is 1270 g/mol. The standard InChI is InChI=1S/C72H124N12O15/c1-40(2)34-51-67(92)80(20)54(37-43(7)8)63(88)73-48(16)72(97)99-62(46(13)14)71(96)81(21)55(38-44(9)10)65(90)76-52(35-41(3)4)68(93)82(22)59(45(11)12)70(95)83(23)60(61(87)47(15)26-24-27-50-28-25-29-56(74-50)84-30-32-98-33-31-84)66(91)77-58(49(17)85)69(94)78(18)39-57(86)79(19)53(36-42(5)6)64(89)75-51/h25,28-29,40-49,51-55,58-62,85,87H,24,26-27,30-39H2,1-23H3,(H,73,88)(H,75,89)(H,76,90)(H,77,91)/t47-,48-,49?,51-,52+,53+,54+,55+,58+,59-,60-,61?,62+/m1/s1. The van der Waals surface area contributed by atoms with Crippen LogP contribution in [0.4, 0.5) is 5.82 Å². The summed E-state index contributed by atoms with van der Waals surface area (Å²) in [6.07, 6.45) is -2.96. The van der Waals surface area contributed by atoms with E-state index in [1.807, 2.05) is 87.4 Å². The van der Waals surface area contributed by atoms with E-state index in [4.69, 9.17) is 14.5 Å². The van der Waals surface area contributed by atoms with Gasteiger partial charge in [0, 0.05) is 61.1 Å². The third-order valence-electron chi connectivity index (χ3n) is 18.5. The van der Waals surface area contributed by atoms with Crippen molar-refractivity contribution in [1.29, 1.82) is 0 Å². The fourth-order valence-corrected chi connectivity index (χ4v) is 12.7. The molecule has 562 valence electrons. The van der Waals surface area contributed by atoms with Crippen molar-refractivity contribution < 1.29 is 72.4 Å². The van der Waals surface area contributed by atoms with Crippen molar-refractivity contribution in [3.63, 3.8) is 0 Å². The first-order valence-corrected chi connectivity index (χ1v) is 35.7. The number of aryl methyl sites for hydroxylation is 1. The zero-order chi connectivity index (χ0) is 75.4. The van der Waals surface area contributed by atoms with E-state index < -0.39 is 162 Å². The predicted molar refractivity (Wildman–Crippen MR) is 378 cm³/mol. The number of cyclic esters (lactones) is 1. The monoisotopic (exact) mass is 1400 g/mol. The smallest absolute Gasteiger partial charge is 0.329 e. The first kappa shape index (κ1) is 86.2. The van der Waals surface area contributed by atoms with Gasteiger partial charge in [0.05, 0.1) is 32.0 Å². The number of nitrogens with zero attached hydrogens (tertiary/aromatic N) is 8. The van der Waals surface area contributed by atoms with Gasteiger partial charge in [0.25, 0.3) is 5.91 Å². The van der Waals surface area contributed by atoms with Crippen LogP contribution >= 0.6 is 0 Å². The van der Waals surface area contributed by atoms with Gasteiger partial charge in [0.2, 0.25) is 53.2 Å². The molecule has 0 aromatic carbocycles. The molecule has 2 aliphatic heterocycles. The van der Waals surface area contributed by atoms with Crippen LogP contribution in [-0.4, -0.2) is 257 Å². The number of likely N-dealkylation sites (N-methyl/N-ethyl adjacent to an activating group) is 6. The molecule has 10 amide bonds. The highest BCUT2D eigenvalue weighted by molar-refractivity contribution is 5.99. The molecule has 2 saturated heterocycles. The Kier molecular flexibility index (Phi) is 34.7. The number of hydrogen-bond acceptors (Lipinski definition) is 17. The Labute approximate surface area is 589 Å². The van der Waals surface area contributed by atoms with Crippen LogP contribution in [0.3, 0.4) is 0 Å². The fraction of sp³-hybridized carbons (Fsp3) is 0.778. The van der Waals surface area contributed by atoms with E-state index >= 15 is 14.4 Å². The van der Waals surface area contributed by atoms with E-state index in [0.29, 0.717) is 45.6 Å². The van der Waals surface area contributed by atoms with Gasteiger partial charge in [-0.3, -0.25) is 47.9 Å². The summed E-state index contributed by atoms with van der Waals surface area (Å²) in [6, 6.07) is -6.66. The van der Waals surface area contributed by atoms with Gasteiger partial charge in [-0.1, -0.05) is 110 Å². The molecular formula is C72H124N12O15. The highest BCUT2D eigenvalue weighted by Crippen LogP contribution is 2.26. The predicted octanol–water partition coefficient (Wildman–Crippen LogP) is 3.64. The molecule has 1 aromatic rings. The van der Waals surface area contributed by atoms with Gasteiger partial charge in [-0.05, 0) is 125 Å². The third-order valence-corrected chi connectivity index (χ3v) is 18.5. The first-order valence-electron chi connectivity index (χ1n) is 35.7. The van der Waals surface area contributed by atoms with Crippen molar-refractivity contribution in [2.45, 2.75) is 242 Å². The van der Waals surface area contributed by atoms with Gasteiger partial charge >= 0.3 is 5.97 Å². The van der Waals surface area contributed by atoms with Crippen molar-refractivity contribution >= 4 is 70.9 Å². The van der Waals surface area contributed by atoms with Crippen LogP contribution in [0.15, 0.2) is 18.2 Å². The van der Waals surface area contributed by atoms with Gasteiger partial charge in [-0.25, -0.2) is 9.78 Å². The average Bonchev–Trinajstić information content (AvgIpc) is 0.813. The van der Waals surface area contributed by atoms with Crippen molar-refractivity contribution in [1.82, 2.24) is 55.7 Å². The first-order chi connectivity index (χ1) is 46.0. The summed E-state index contributed by atoms with van der Waals surface area (Å²) >= 11 is 0. The normalized spacial score (nSPS) is 25.9. The number of carbonyl (C=O) groups is 11. The molecule has 6 N–H and O–H groups in total. The highest BCUT2D eigenvalue weighted by Gasteiger charge is 2.46. The van der Waals surface area contributed by atoms with Crippen molar-refractivity contribution in [2.24, 2.45) is 47.3 Å². The van der Waals surface area contributed by atoms with Gasteiger partial charge in [0.1, 0.15) is 60.2 Å². The van der Waals surface area contributed by atoms with Crippen molar-refractivity contribution in [3.05, 3.63) is 23.9 Å². The summed E-state index contributed by atoms with van der Waals surface area (Å²) in [5.41, 5.74) is 0.796. The Morgan fingerprint density at radius 3 is 1.43 bits per heavy atom. The maximum atomic E-state index is 15.5. The lowest BCUT2D eigenvalue weighted by atomic mass is 9.90. The molecule has 2 fully saturated rings. The number of rotatable bonds is 20. The summed E-state index contributed by atoms with van der Waals surface area (Å²) in [4.78, 5) is 177. The summed E-state index contributed by atoms with van der Waals surface area (Å²) < 4.78 is 11.5. The van der Waals surface area contributed by atoms with Crippen LogP contribution in [0.1, 0.15) is 168 Å². The summed E-state index contributed by atoms with van der Waals surface area (Å²) in [7, 11) is 8.17. The number of amides is 10. The minimum absolute atomic E-state index is 0.0685. The van der Waals surface area contributed by atoms with E-state index in [9.17, 15) is 48.6 Å². The Morgan fingerprint density at radius 1 is 0.515 bits per heavy atom. The zero-order valence-corrected chi connectivity index (χ0v) is 63.8. The Bertz CT molecular complexity index is 2860. The lowest BCUT2D eigenvalue weighted by Crippen LogP contribution is -2.64. The van der Waals surface area contributed by atoms with Crippen molar-refractivity contribution in [2.75, 3.05) is 80.0 Å². The largest absolute Gasteiger partial charge is 0.450 e. The fourth-order valence-electron chi connectivity index (χ4n) is 12.7. The Morgan fingerprint density at radius 2 is 0.970 bits per heavy atom. The molecule has 0 saturated carbocycles. The number of esters is 1. The van der Waals surface area contributed by atoms with Crippen LogP contribution in [0.2, 0.25) is 0 Å². The summed E-state index contributed by atoms with van der Waals surface area (Å²) in [5, 5.41) is 35.0. The number of aromatic nitrogens is 1. The second-order valence-electron chi connectivity index (χ2n) is 30.5. The molecule has 13 atom stereocenters. The molecule has 0 bridgehead atoms. The van der Waals surface area contributed by atoms with Crippen LogP contribution in [0.25, 0.3) is 0 Å². The summed E-state index contributed by atoms with van der Waals surface area (Å²) in [5.74, 6) is -10.9. The molecule has 0 radical (unpaired) electrons. The number of hydrogen-bond donors (Lipinski definition) is 6. The molecule has 2 unspecified atom stereocenters. The number of carbonyl (C=O) groups excluding carboxylic acids is 11. The molecule has 27 nitrogen and oxygen atoms in total. The quantitative estimate of drug-likeness (QED) is 0.102. The van der Waals surface area contributed by atoms with Gasteiger partial charge in [0.15, 0.2) is 6.10 Å². The van der Waals surface area contributed by atoms with Crippen molar-refractivity contribution in [3.8, 4) is 0 Å². The maximum Gasteiger partial charge on any atom is 0.329 e. The van der Waals surface area contributed by atoms with E-state index in [-0.39, 0.29) is 61.7 Å². The van der Waals surface area contributed by atoms with E-state index in [1.54, 1.807) is 34.6 Å². The highest BCUT2D eigenvalue weighted by atomic mass is 16.6. The number of morpholine rings is 1. The molecule has 27 heteroatoms. The Balaban J connectivity index is 2.32. The zero-order valence-electron chi connectivity index (χ0n) is 63.8. The van der Waals surface area contributed by atoms with E-state index in [0.717, 1.165) is 26.2 Å². The molecule has 0 spiro atoms. The number of anilines is 1. The second-order valence-corrected chi connectivity index (χ2v) is 30.5. The molecule has 2 aliphatic rings. The number of aliphatic hydroxyl groups excluding tert-OH is 2. The average molecular weight is 1400 g/mol. The number of pyridine rings is 1. The topological polar surface area (TPSA) is 330 Å². The molecule has 99 heavy (non-hydrogen) atoms. The number of aliphatic hydroxyl groups is 2. The summed E-state index contributed by atoms with van der Waals surface area (Å²) in [6.45, 7) is 31.3. The molecule has 1 aromatic heterocycles. The maximum absolute atomic E-state index is 15.5. The van der Waals surface area contributed by atoms with Crippen LogP contribution in [0.5, 0.6) is 0 Å². The molecule has 3 heterocycles. The number of ether oxygens (including phenoxy) is 2. The molecule has 3 rings (SSSR count). The van der Waals surface area contributed by atoms with Crippen LogP contribution in [0, 0.1) is 47.3 Å². The second kappa shape index (κ2) is 39.9. The minimum atomic E-state index is -1.78. The van der Waals surface area contributed by atoms with Crippen LogP contribution in [-0.2, 0) is 68.6 Å². The van der Waals surface area contributed by atoms with E-state index in [2.05, 4.69) is 26.2 Å². The lowest BCUT2D eigenvalue weighted by molar-refractivity contribution is -0.166. The SMILES string of the molecule is CC(C)C[C@@H]1NC(=O)[C@H](CC(C)C)N(C)C(=O)[C@H](C(C)C)OC(=O)[C@@H](C)NC(=O)[C@H](CC(C)C)N(C)C(=O)[C@@H](CC(C)C)NC(=O)[C@H](CC(C)C)N(C)C(=O)CN(C)C(=O)[C@H](C(C)O)NC(=O)[C@@H](C(O)[C@H](C)CCCc2cccc(N3CCOCC3)n2)N(C)C(=O)[C@@H](C(C)C)N(C)C1=O. The van der Waals surface area contributed by atoms with Gasteiger partial charge < -0.3 is 75.3 Å². The Hall–Kier alpha value is -7.00.